The maximum absolute atomic E-state index is 13.3. The van der Waals surface area contributed by atoms with Gasteiger partial charge < -0.3 is 0 Å². The fraction of sp³-hybridized carbons (Fsp3) is 1.00. The third-order valence-electron chi connectivity index (χ3n) is 5.33. The molecule has 0 radical (unpaired) electrons. The van der Waals surface area contributed by atoms with Crippen molar-refractivity contribution in [2.45, 2.75) is 153 Å². The molecular weight excluding hydrogens is 490 g/mol. The number of hydrogen-bond donors (Lipinski definition) is 0. The van der Waals surface area contributed by atoms with E-state index < -0.39 is 24.5 Å². The molecule has 0 amide bonds. The molecule has 0 fully saturated rings. The molecule has 0 saturated carbocycles. The number of phosphoric ester groups is 1. The van der Waals surface area contributed by atoms with Crippen molar-refractivity contribution in [1.82, 2.24) is 0 Å². The molecule has 0 rings (SSSR count). The lowest BCUT2D eigenvalue weighted by Crippen LogP contribution is -2.15. The van der Waals surface area contributed by atoms with Gasteiger partial charge in [0, 0.05) is 0 Å². The molecule has 0 aromatic heterocycles. The van der Waals surface area contributed by atoms with Crippen LogP contribution in [0.5, 0.6) is 0 Å². The van der Waals surface area contributed by atoms with Gasteiger partial charge in [-0.1, -0.05) is 133 Å². The fourth-order valence-electron chi connectivity index (χ4n) is 3.38. The highest BCUT2D eigenvalue weighted by molar-refractivity contribution is 7.48. The van der Waals surface area contributed by atoms with E-state index in [4.69, 9.17) is 48.4 Å². The van der Waals surface area contributed by atoms with Gasteiger partial charge in [0.05, 0.1) is 0 Å². The Kier molecular flexibility index (Phi) is 23.1. The third-order valence-corrected chi connectivity index (χ3v) is 8.17. The zero-order chi connectivity index (χ0) is 24.1. The summed E-state index contributed by atoms with van der Waals surface area (Å²) in [5.74, 6) is 0. The molecule has 3 atom stereocenters. The molecule has 0 aliphatic heterocycles. The molecule has 32 heavy (non-hydrogen) atoms. The molecule has 4 nitrogen and oxygen atoms in total. The Bertz CT molecular complexity index is 395. The van der Waals surface area contributed by atoms with Gasteiger partial charge >= 0.3 is 7.82 Å². The van der Waals surface area contributed by atoms with Crippen LogP contribution in [0.3, 0.4) is 0 Å². The third kappa shape index (κ3) is 20.4. The second-order valence-electron chi connectivity index (χ2n) is 8.60. The van der Waals surface area contributed by atoms with E-state index in [9.17, 15) is 4.57 Å². The van der Waals surface area contributed by atoms with E-state index in [0.29, 0.717) is 19.3 Å². The van der Waals surface area contributed by atoms with Crippen LogP contribution in [0.1, 0.15) is 136 Å². The Balaban J connectivity index is 4.64. The molecule has 0 N–H and O–H groups in total. The predicted molar refractivity (Wildman–Crippen MR) is 140 cm³/mol. The van der Waals surface area contributed by atoms with Gasteiger partial charge in [-0.2, -0.15) is 0 Å². The highest BCUT2D eigenvalue weighted by Gasteiger charge is 2.35. The van der Waals surface area contributed by atoms with Crippen LogP contribution in [-0.2, 0) is 18.1 Å². The van der Waals surface area contributed by atoms with Crippen LogP contribution < -0.4 is 0 Å². The monoisotopic (exact) mass is 536 g/mol. The molecule has 0 bridgehead atoms. The predicted octanol–water partition coefficient (Wildman–Crippen LogP) is 10.9. The summed E-state index contributed by atoms with van der Waals surface area (Å²) in [7, 11) is -3.97. The molecule has 0 spiro atoms. The fourth-order valence-corrected chi connectivity index (χ4v) is 6.03. The van der Waals surface area contributed by atoms with Gasteiger partial charge in [-0.15, -0.1) is 0 Å². The molecule has 8 heteroatoms. The average Bonchev–Trinajstić information content (AvgIpc) is 2.72. The van der Waals surface area contributed by atoms with E-state index in [1.165, 1.54) is 38.5 Å². The lowest BCUT2D eigenvalue weighted by atomic mass is 10.1. The molecule has 194 valence electrons. The summed E-state index contributed by atoms with van der Waals surface area (Å²) in [4.78, 5) is 0. The second kappa shape index (κ2) is 22.4. The summed E-state index contributed by atoms with van der Waals surface area (Å²) in [6.07, 6.45) is 18.3. The summed E-state index contributed by atoms with van der Waals surface area (Å²) < 4.78 is 30.1. The Morgan fingerprint density at radius 1 is 0.500 bits per heavy atom. The van der Waals surface area contributed by atoms with Crippen molar-refractivity contribution in [3.05, 3.63) is 0 Å². The highest BCUT2D eigenvalue weighted by atomic mass is 35.5. The van der Waals surface area contributed by atoms with E-state index in [1.54, 1.807) is 0 Å². The zero-order valence-electron chi connectivity index (χ0n) is 20.7. The van der Waals surface area contributed by atoms with E-state index in [-0.39, 0.29) is 0 Å². The minimum absolute atomic E-state index is 0.579. The van der Waals surface area contributed by atoms with Crippen LogP contribution in [0.25, 0.3) is 0 Å². The topological polar surface area (TPSA) is 44.8 Å². The van der Waals surface area contributed by atoms with Gasteiger partial charge in [0.2, 0.25) is 0 Å². The van der Waals surface area contributed by atoms with Crippen LogP contribution >= 0.6 is 42.6 Å². The molecular formula is C24H48Cl3O4P. The highest BCUT2D eigenvalue weighted by Crippen LogP contribution is 2.55. The van der Waals surface area contributed by atoms with Crippen LogP contribution in [0.4, 0.5) is 0 Å². The number of rotatable bonds is 24. The first-order valence-electron chi connectivity index (χ1n) is 12.9. The van der Waals surface area contributed by atoms with Crippen molar-refractivity contribution in [3.63, 3.8) is 0 Å². The zero-order valence-corrected chi connectivity index (χ0v) is 23.8. The quantitative estimate of drug-likeness (QED) is 0.0697. The maximum Gasteiger partial charge on any atom is 0.479 e. The first kappa shape index (κ1) is 33.0. The van der Waals surface area contributed by atoms with Crippen LogP contribution in [0.15, 0.2) is 0 Å². The van der Waals surface area contributed by atoms with Crippen LogP contribution in [-0.4, -0.2) is 16.7 Å². The lowest BCUT2D eigenvalue weighted by molar-refractivity contribution is 0.0777. The Morgan fingerprint density at radius 3 is 1.00 bits per heavy atom. The van der Waals surface area contributed by atoms with E-state index >= 15 is 0 Å². The molecule has 0 aliphatic carbocycles. The second-order valence-corrected chi connectivity index (χ2v) is 11.6. The number of alkyl halides is 3. The number of halogens is 3. The normalized spacial score (nSPS) is 16.6. The largest absolute Gasteiger partial charge is 0.479 e. The first-order chi connectivity index (χ1) is 15.4. The minimum Gasteiger partial charge on any atom is -0.267 e. The summed E-state index contributed by atoms with van der Waals surface area (Å²) in [6.45, 7) is 6.53. The van der Waals surface area contributed by atoms with Gasteiger partial charge in [-0.25, -0.2) is 4.57 Å². The molecule has 0 aromatic rings. The molecule has 0 heterocycles. The van der Waals surface area contributed by atoms with Gasteiger partial charge in [0.15, 0.2) is 0 Å². The summed E-state index contributed by atoms with van der Waals surface area (Å²) in [5, 5.41) is 0. The average molecular weight is 538 g/mol. The summed E-state index contributed by atoms with van der Waals surface area (Å²) in [6, 6.07) is 0. The van der Waals surface area contributed by atoms with E-state index in [1.807, 2.05) is 0 Å². The molecule has 0 aromatic carbocycles. The standard InChI is InChI=1S/C24H48Cl3O4P/c1-4-7-10-13-16-19-22(25)29-32(28,30-23(26)20-17-14-11-8-5-2)31-24(27)21-18-15-12-9-6-3/h22-24H,4-21H2,1-3H3. The van der Waals surface area contributed by atoms with Gasteiger partial charge in [0.1, 0.15) is 16.7 Å². The lowest BCUT2D eigenvalue weighted by Gasteiger charge is -2.25. The van der Waals surface area contributed by atoms with E-state index in [2.05, 4.69) is 20.8 Å². The number of phosphoric acid groups is 1. The molecule has 3 unspecified atom stereocenters. The van der Waals surface area contributed by atoms with Crippen molar-refractivity contribution < 1.29 is 18.1 Å². The smallest absolute Gasteiger partial charge is 0.267 e. The van der Waals surface area contributed by atoms with Gasteiger partial charge in [-0.05, 0) is 38.5 Å². The summed E-state index contributed by atoms with van der Waals surface area (Å²) >= 11 is 19.0. The Hall–Kier alpha value is 0.980. The number of hydrogen-bond acceptors (Lipinski definition) is 4. The van der Waals surface area contributed by atoms with Crippen molar-refractivity contribution in [2.24, 2.45) is 0 Å². The summed E-state index contributed by atoms with van der Waals surface area (Å²) in [5.41, 5.74) is -2.28. The molecule has 0 saturated heterocycles. The Morgan fingerprint density at radius 2 is 0.750 bits per heavy atom. The van der Waals surface area contributed by atoms with Crippen molar-refractivity contribution in [2.75, 3.05) is 0 Å². The van der Waals surface area contributed by atoms with Crippen LogP contribution in [0, 0.1) is 0 Å². The van der Waals surface area contributed by atoms with E-state index in [0.717, 1.165) is 57.8 Å². The van der Waals surface area contributed by atoms with Crippen molar-refractivity contribution >= 4 is 42.6 Å². The van der Waals surface area contributed by atoms with Gasteiger partial charge in [-0.3, -0.25) is 13.6 Å². The number of unbranched alkanes of at least 4 members (excludes halogenated alkanes) is 12. The maximum atomic E-state index is 13.3. The molecule has 0 aliphatic rings. The van der Waals surface area contributed by atoms with Gasteiger partial charge in [0.25, 0.3) is 0 Å². The van der Waals surface area contributed by atoms with Crippen LogP contribution in [0.2, 0.25) is 0 Å². The van der Waals surface area contributed by atoms with Crippen molar-refractivity contribution in [1.29, 1.82) is 0 Å². The first-order valence-corrected chi connectivity index (χ1v) is 15.7. The van der Waals surface area contributed by atoms with Crippen molar-refractivity contribution in [3.8, 4) is 0 Å². The minimum atomic E-state index is -3.97. The SMILES string of the molecule is CCCCCCCC(Cl)OP(=O)(OC(Cl)CCCCCCC)OC(Cl)CCCCCCC. The Labute approximate surface area is 213 Å².